The largest absolute Gasteiger partial charge is 0.373 e. The smallest absolute Gasteiger partial charge is 0.220 e. The highest BCUT2D eigenvalue weighted by Gasteiger charge is 2.34. The highest BCUT2D eigenvalue weighted by atomic mass is 32.2. The van der Waals surface area contributed by atoms with Crippen LogP contribution in [0.25, 0.3) is 0 Å². The van der Waals surface area contributed by atoms with Crippen molar-refractivity contribution in [3.8, 4) is 0 Å². The van der Waals surface area contributed by atoms with Crippen molar-refractivity contribution in [1.29, 1.82) is 0 Å². The molecule has 1 saturated heterocycles. The number of hydrogen-bond donors (Lipinski definition) is 1. The monoisotopic (exact) mass is 367 g/mol. The fourth-order valence-corrected chi connectivity index (χ4v) is 4.09. The number of nitrogens with one attached hydrogen (secondary N) is 1. The van der Waals surface area contributed by atoms with E-state index in [0.717, 1.165) is 24.8 Å². The molecule has 7 heteroatoms. The summed E-state index contributed by atoms with van der Waals surface area (Å²) in [4.78, 5) is 12.5. The van der Waals surface area contributed by atoms with Crippen molar-refractivity contribution >= 4 is 15.7 Å². The van der Waals surface area contributed by atoms with Crippen molar-refractivity contribution in [2.24, 2.45) is 0 Å². The highest BCUT2D eigenvalue weighted by Crippen LogP contribution is 2.26. The molecule has 3 atom stereocenters. The Morgan fingerprint density at radius 1 is 1.12 bits per heavy atom. The zero-order valence-corrected chi connectivity index (χ0v) is 15.3. The summed E-state index contributed by atoms with van der Waals surface area (Å²) in [5.41, 5.74) is 0.954. The standard InChI is InChI=1S/C18H25NO5S/c1-25(21,22)15-6-2-13(3-7-15)4-9-18(20)19-14-5-8-16-17(12-14)24-11-10-23-16/h2-3,6-7,14,16-17H,4-5,8-12H2,1H3,(H,19,20). The molecule has 1 saturated carbocycles. The number of rotatable bonds is 5. The Labute approximate surface area is 148 Å². The molecule has 138 valence electrons. The van der Waals surface area contributed by atoms with Gasteiger partial charge in [-0.25, -0.2) is 8.42 Å². The molecule has 1 amide bonds. The SMILES string of the molecule is CS(=O)(=O)c1ccc(CCC(=O)NC2CCC3OCCOC3C2)cc1. The molecule has 2 fully saturated rings. The van der Waals surface area contributed by atoms with E-state index < -0.39 is 9.84 Å². The van der Waals surface area contributed by atoms with Gasteiger partial charge >= 0.3 is 0 Å². The molecule has 2 aliphatic rings. The van der Waals surface area contributed by atoms with Crippen molar-refractivity contribution in [3.63, 3.8) is 0 Å². The molecule has 1 aromatic rings. The highest BCUT2D eigenvalue weighted by molar-refractivity contribution is 7.90. The molecule has 1 heterocycles. The third-order valence-electron chi connectivity index (χ3n) is 4.84. The lowest BCUT2D eigenvalue weighted by Gasteiger charge is -2.39. The molecule has 1 aromatic carbocycles. The Morgan fingerprint density at radius 2 is 1.80 bits per heavy atom. The zero-order chi connectivity index (χ0) is 17.9. The van der Waals surface area contributed by atoms with Gasteiger partial charge in [-0.15, -0.1) is 0 Å². The van der Waals surface area contributed by atoms with Crippen LogP contribution in [0.5, 0.6) is 0 Å². The van der Waals surface area contributed by atoms with Gasteiger partial charge in [0.15, 0.2) is 9.84 Å². The van der Waals surface area contributed by atoms with E-state index in [4.69, 9.17) is 9.47 Å². The second kappa shape index (κ2) is 7.85. The van der Waals surface area contributed by atoms with Gasteiger partial charge in [-0.2, -0.15) is 0 Å². The first-order chi connectivity index (χ1) is 11.9. The number of ether oxygens (including phenoxy) is 2. The molecule has 25 heavy (non-hydrogen) atoms. The van der Waals surface area contributed by atoms with Crippen molar-refractivity contribution in [1.82, 2.24) is 5.32 Å². The average molecular weight is 367 g/mol. The molecule has 1 aliphatic heterocycles. The van der Waals surface area contributed by atoms with Gasteiger partial charge in [0.2, 0.25) is 5.91 Å². The average Bonchev–Trinajstić information content (AvgIpc) is 2.59. The molecule has 3 rings (SSSR count). The van der Waals surface area contributed by atoms with Crippen LogP contribution in [0.1, 0.15) is 31.2 Å². The molecular weight excluding hydrogens is 342 g/mol. The number of fused-ring (bicyclic) bond motifs is 1. The van der Waals surface area contributed by atoms with E-state index in [1.165, 1.54) is 6.26 Å². The number of aryl methyl sites for hydroxylation is 1. The van der Waals surface area contributed by atoms with Gasteiger partial charge in [0.25, 0.3) is 0 Å². The van der Waals surface area contributed by atoms with Crippen LogP contribution in [-0.4, -0.2) is 52.0 Å². The van der Waals surface area contributed by atoms with Crippen molar-refractivity contribution in [2.45, 2.75) is 55.2 Å². The summed E-state index contributed by atoms with van der Waals surface area (Å²) in [5.74, 6) is 0.0207. The van der Waals surface area contributed by atoms with E-state index in [1.54, 1.807) is 24.3 Å². The third kappa shape index (κ3) is 5.03. The minimum absolute atomic E-state index is 0.0207. The first-order valence-electron chi connectivity index (χ1n) is 8.73. The lowest BCUT2D eigenvalue weighted by molar-refractivity contribution is -0.158. The minimum Gasteiger partial charge on any atom is -0.373 e. The van der Waals surface area contributed by atoms with E-state index in [2.05, 4.69) is 5.32 Å². The topological polar surface area (TPSA) is 81.7 Å². The Kier molecular flexibility index (Phi) is 5.76. The molecule has 1 aliphatic carbocycles. The van der Waals surface area contributed by atoms with Crippen LogP contribution in [0.15, 0.2) is 29.2 Å². The van der Waals surface area contributed by atoms with Crippen molar-refractivity contribution in [3.05, 3.63) is 29.8 Å². The van der Waals surface area contributed by atoms with Crippen LogP contribution < -0.4 is 5.32 Å². The van der Waals surface area contributed by atoms with E-state index >= 15 is 0 Å². The Hall–Kier alpha value is -1.44. The molecule has 0 radical (unpaired) electrons. The molecule has 0 spiro atoms. The first-order valence-corrected chi connectivity index (χ1v) is 10.6. The summed E-state index contributed by atoms with van der Waals surface area (Å²) in [6.07, 6.45) is 5.08. The van der Waals surface area contributed by atoms with Crippen LogP contribution in [0.4, 0.5) is 0 Å². The van der Waals surface area contributed by atoms with E-state index in [1.807, 2.05) is 0 Å². The number of sulfone groups is 1. The van der Waals surface area contributed by atoms with Crippen LogP contribution >= 0.6 is 0 Å². The van der Waals surface area contributed by atoms with E-state index in [9.17, 15) is 13.2 Å². The van der Waals surface area contributed by atoms with Gasteiger partial charge in [0.1, 0.15) is 0 Å². The Bertz CT molecular complexity index is 701. The van der Waals surface area contributed by atoms with Gasteiger partial charge in [-0.1, -0.05) is 12.1 Å². The van der Waals surface area contributed by atoms with Crippen molar-refractivity contribution < 1.29 is 22.7 Å². The summed E-state index contributed by atoms with van der Waals surface area (Å²) in [6.45, 7) is 1.29. The second-order valence-corrected chi connectivity index (χ2v) is 8.83. The Morgan fingerprint density at radius 3 is 2.48 bits per heavy atom. The Balaban J connectivity index is 1.45. The van der Waals surface area contributed by atoms with Crippen LogP contribution in [0.3, 0.4) is 0 Å². The number of amides is 1. The van der Waals surface area contributed by atoms with E-state index in [0.29, 0.717) is 31.0 Å². The predicted molar refractivity (Wildman–Crippen MR) is 93.1 cm³/mol. The summed E-state index contributed by atoms with van der Waals surface area (Å²) >= 11 is 0. The summed E-state index contributed by atoms with van der Waals surface area (Å²) in [6, 6.07) is 6.85. The second-order valence-electron chi connectivity index (χ2n) is 6.81. The molecule has 6 nitrogen and oxygen atoms in total. The normalized spacial score (nSPS) is 26.7. The fraction of sp³-hybridized carbons (Fsp3) is 0.611. The molecular formula is C18H25NO5S. The van der Waals surface area contributed by atoms with Gasteiger partial charge in [-0.05, 0) is 43.4 Å². The molecule has 1 N–H and O–H groups in total. The summed E-state index contributed by atoms with van der Waals surface area (Å²) < 4.78 is 34.3. The lowest BCUT2D eigenvalue weighted by atomic mass is 9.89. The van der Waals surface area contributed by atoms with Gasteiger partial charge in [0, 0.05) is 18.7 Å². The number of hydrogen-bond acceptors (Lipinski definition) is 5. The summed E-state index contributed by atoms with van der Waals surface area (Å²) in [7, 11) is -3.18. The predicted octanol–water partition coefficient (Wildman–Crippen LogP) is 1.48. The van der Waals surface area contributed by atoms with Gasteiger partial charge in [-0.3, -0.25) is 4.79 Å². The maximum Gasteiger partial charge on any atom is 0.220 e. The molecule has 0 aromatic heterocycles. The van der Waals surface area contributed by atoms with Crippen molar-refractivity contribution in [2.75, 3.05) is 19.5 Å². The minimum atomic E-state index is -3.18. The van der Waals surface area contributed by atoms with Crippen LogP contribution in [0, 0.1) is 0 Å². The zero-order valence-electron chi connectivity index (χ0n) is 14.4. The van der Waals surface area contributed by atoms with Gasteiger partial charge in [0.05, 0.1) is 30.3 Å². The number of carbonyl (C=O) groups excluding carboxylic acids is 1. The van der Waals surface area contributed by atoms with Gasteiger partial charge < -0.3 is 14.8 Å². The molecule has 3 unspecified atom stereocenters. The third-order valence-corrected chi connectivity index (χ3v) is 5.96. The lowest BCUT2D eigenvalue weighted by Crippen LogP contribution is -2.49. The summed E-state index contributed by atoms with van der Waals surface area (Å²) in [5, 5.41) is 3.09. The fourth-order valence-electron chi connectivity index (χ4n) is 3.46. The maximum atomic E-state index is 12.2. The number of carbonyl (C=O) groups is 1. The quantitative estimate of drug-likeness (QED) is 0.852. The molecule has 0 bridgehead atoms. The van der Waals surface area contributed by atoms with Crippen LogP contribution in [-0.2, 0) is 30.5 Å². The number of benzene rings is 1. The van der Waals surface area contributed by atoms with Crippen LogP contribution in [0.2, 0.25) is 0 Å². The maximum absolute atomic E-state index is 12.2. The van der Waals surface area contributed by atoms with E-state index in [-0.39, 0.29) is 24.2 Å². The first kappa shape index (κ1) is 18.4.